The highest BCUT2D eigenvalue weighted by atomic mass is 16.5. The first-order valence-corrected chi connectivity index (χ1v) is 5.97. The Bertz CT molecular complexity index is 661. The largest absolute Gasteiger partial charge is 0.469 e. The second kappa shape index (κ2) is 6.11. The number of carbonyl (C=O) groups excluding carboxylic acids is 2. The normalized spacial score (nSPS) is 10.4. The number of carbonyl (C=O) groups is 2. The molecular formula is C11H14N6O4. The van der Waals surface area contributed by atoms with Crippen molar-refractivity contribution in [3.63, 3.8) is 0 Å². The van der Waals surface area contributed by atoms with Crippen molar-refractivity contribution < 1.29 is 19.1 Å². The first-order valence-electron chi connectivity index (χ1n) is 5.97. The maximum atomic E-state index is 11.7. The standard InChI is InChI=1S/C11H14N6O4/c1-16-5-7(12-14-16)6-17-8(4-9(18)20-2)10(13-15-17)11(19)21-3/h5H,4,6H2,1-3H3. The first-order chi connectivity index (χ1) is 10.0. The third-order valence-corrected chi connectivity index (χ3v) is 2.72. The van der Waals surface area contributed by atoms with Gasteiger partial charge in [-0.1, -0.05) is 10.4 Å². The van der Waals surface area contributed by atoms with Gasteiger partial charge in [-0.05, 0) is 0 Å². The molecule has 0 aliphatic carbocycles. The minimum absolute atomic E-state index is 0.0215. The second-order valence-electron chi connectivity index (χ2n) is 4.17. The zero-order valence-electron chi connectivity index (χ0n) is 11.8. The summed E-state index contributed by atoms with van der Waals surface area (Å²) in [6.07, 6.45) is 1.55. The van der Waals surface area contributed by atoms with Gasteiger partial charge in [0.15, 0.2) is 5.69 Å². The van der Waals surface area contributed by atoms with E-state index in [2.05, 4.69) is 30.1 Å². The molecule has 0 aliphatic heterocycles. The van der Waals surface area contributed by atoms with Gasteiger partial charge in [-0.25, -0.2) is 9.48 Å². The zero-order chi connectivity index (χ0) is 15.4. The van der Waals surface area contributed by atoms with Crippen LogP contribution in [0.1, 0.15) is 21.9 Å². The molecule has 112 valence electrons. The van der Waals surface area contributed by atoms with E-state index in [-0.39, 0.29) is 18.7 Å². The van der Waals surface area contributed by atoms with Crippen molar-refractivity contribution in [3.05, 3.63) is 23.3 Å². The van der Waals surface area contributed by atoms with E-state index in [1.165, 1.54) is 23.6 Å². The number of methoxy groups -OCH3 is 2. The molecule has 2 rings (SSSR count). The van der Waals surface area contributed by atoms with Crippen molar-refractivity contribution in [1.82, 2.24) is 30.0 Å². The average molecular weight is 294 g/mol. The summed E-state index contributed by atoms with van der Waals surface area (Å²) in [6, 6.07) is 0. The van der Waals surface area contributed by atoms with Gasteiger partial charge < -0.3 is 9.47 Å². The van der Waals surface area contributed by atoms with Crippen molar-refractivity contribution >= 4 is 11.9 Å². The molecule has 0 fully saturated rings. The molecule has 0 amide bonds. The Hall–Kier alpha value is -2.78. The first kappa shape index (κ1) is 14.6. The number of esters is 2. The maximum absolute atomic E-state index is 11.7. The molecule has 10 nitrogen and oxygen atoms in total. The van der Waals surface area contributed by atoms with Gasteiger partial charge in [0.05, 0.1) is 32.9 Å². The molecule has 0 atom stereocenters. The van der Waals surface area contributed by atoms with Gasteiger partial charge in [0.25, 0.3) is 0 Å². The van der Waals surface area contributed by atoms with Crippen LogP contribution in [0, 0.1) is 0 Å². The van der Waals surface area contributed by atoms with Gasteiger partial charge in [0.1, 0.15) is 5.69 Å². The lowest BCUT2D eigenvalue weighted by Crippen LogP contribution is -2.15. The summed E-state index contributed by atoms with van der Waals surface area (Å²) in [5.74, 6) is -1.18. The van der Waals surface area contributed by atoms with E-state index in [4.69, 9.17) is 0 Å². The number of aromatic nitrogens is 6. The van der Waals surface area contributed by atoms with Crippen LogP contribution in [-0.4, -0.2) is 56.1 Å². The minimum atomic E-state index is -0.667. The van der Waals surface area contributed by atoms with Gasteiger partial charge in [-0.15, -0.1) is 10.2 Å². The van der Waals surface area contributed by atoms with Crippen molar-refractivity contribution in [3.8, 4) is 0 Å². The molecule has 0 N–H and O–H groups in total. The molecule has 0 bridgehead atoms. The number of hydrogen-bond acceptors (Lipinski definition) is 8. The average Bonchev–Trinajstić information content (AvgIpc) is 3.05. The van der Waals surface area contributed by atoms with E-state index < -0.39 is 11.9 Å². The van der Waals surface area contributed by atoms with Crippen molar-refractivity contribution in [2.75, 3.05) is 14.2 Å². The lowest BCUT2D eigenvalue weighted by Gasteiger charge is -2.05. The molecule has 0 aromatic carbocycles. The Morgan fingerprint density at radius 1 is 1.19 bits per heavy atom. The molecule has 0 radical (unpaired) electrons. The number of ether oxygens (including phenoxy) is 2. The van der Waals surface area contributed by atoms with Crippen LogP contribution in [0.15, 0.2) is 6.20 Å². The Kier molecular flexibility index (Phi) is 4.26. The van der Waals surface area contributed by atoms with Gasteiger partial charge in [-0.2, -0.15) is 0 Å². The van der Waals surface area contributed by atoms with E-state index >= 15 is 0 Å². The molecule has 0 unspecified atom stereocenters. The summed E-state index contributed by atoms with van der Waals surface area (Å²) in [6.45, 7) is 0.226. The molecule has 21 heavy (non-hydrogen) atoms. The second-order valence-corrected chi connectivity index (χ2v) is 4.17. The Balaban J connectivity index is 2.33. The van der Waals surface area contributed by atoms with Crippen LogP contribution in [0.2, 0.25) is 0 Å². The predicted molar refractivity (Wildman–Crippen MR) is 67.2 cm³/mol. The number of hydrogen-bond donors (Lipinski definition) is 0. The topological polar surface area (TPSA) is 114 Å². The van der Waals surface area contributed by atoms with Crippen molar-refractivity contribution in [2.24, 2.45) is 7.05 Å². The Morgan fingerprint density at radius 2 is 1.95 bits per heavy atom. The third kappa shape index (κ3) is 3.22. The molecule has 10 heteroatoms. The van der Waals surface area contributed by atoms with Gasteiger partial charge in [0, 0.05) is 13.2 Å². The smallest absolute Gasteiger partial charge is 0.360 e. The molecule has 2 aromatic rings. The van der Waals surface area contributed by atoms with Crippen LogP contribution in [0.5, 0.6) is 0 Å². The van der Waals surface area contributed by atoms with Gasteiger partial charge >= 0.3 is 11.9 Å². The number of aryl methyl sites for hydroxylation is 1. The van der Waals surface area contributed by atoms with E-state index in [1.54, 1.807) is 13.2 Å². The number of nitrogens with zero attached hydrogens (tertiary/aromatic N) is 6. The molecule has 0 saturated heterocycles. The summed E-state index contributed by atoms with van der Waals surface area (Å²) in [5, 5.41) is 15.3. The van der Waals surface area contributed by atoms with Crippen LogP contribution < -0.4 is 0 Å². The fourth-order valence-electron chi connectivity index (χ4n) is 1.72. The number of rotatable bonds is 5. The summed E-state index contributed by atoms with van der Waals surface area (Å²) in [5.41, 5.74) is 0.899. The van der Waals surface area contributed by atoms with Crippen LogP contribution in [0.25, 0.3) is 0 Å². The summed E-state index contributed by atoms with van der Waals surface area (Å²) in [4.78, 5) is 23.1. The lowest BCUT2D eigenvalue weighted by molar-refractivity contribution is -0.139. The molecular weight excluding hydrogens is 280 g/mol. The summed E-state index contributed by atoms with van der Waals surface area (Å²) in [7, 11) is 4.22. The van der Waals surface area contributed by atoms with E-state index in [0.29, 0.717) is 11.4 Å². The highest BCUT2D eigenvalue weighted by molar-refractivity contribution is 5.89. The van der Waals surface area contributed by atoms with Crippen molar-refractivity contribution in [2.45, 2.75) is 13.0 Å². The molecule has 0 saturated carbocycles. The SMILES string of the molecule is COC(=O)Cc1c(C(=O)OC)nnn1Cc1cn(C)nn1. The van der Waals surface area contributed by atoms with E-state index in [9.17, 15) is 9.59 Å². The third-order valence-electron chi connectivity index (χ3n) is 2.72. The predicted octanol–water partition coefficient (Wildman–Crippen LogP) is -1.04. The monoisotopic (exact) mass is 294 g/mol. The maximum Gasteiger partial charge on any atom is 0.360 e. The quantitative estimate of drug-likeness (QED) is 0.642. The van der Waals surface area contributed by atoms with Crippen LogP contribution in [0.4, 0.5) is 0 Å². The summed E-state index contributed by atoms with van der Waals surface area (Å²) < 4.78 is 12.2. The highest BCUT2D eigenvalue weighted by Gasteiger charge is 2.23. The molecule has 2 heterocycles. The molecule has 0 aliphatic rings. The lowest BCUT2D eigenvalue weighted by atomic mass is 10.2. The van der Waals surface area contributed by atoms with Gasteiger partial charge in [0.2, 0.25) is 0 Å². The van der Waals surface area contributed by atoms with E-state index in [0.717, 1.165) is 0 Å². The molecule has 2 aromatic heterocycles. The van der Waals surface area contributed by atoms with Crippen molar-refractivity contribution in [1.29, 1.82) is 0 Å². The molecule has 0 spiro atoms. The van der Waals surface area contributed by atoms with Gasteiger partial charge in [-0.3, -0.25) is 9.48 Å². The zero-order valence-corrected chi connectivity index (χ0v) is 11.8. The highest BCUT2D eigenvalue weighted by Crippen LogP contribution is 2.10. The fourth-order valence-corrected chi connectivity index (χ4v) is 1.72. The van der Waals surface area contributed by atoms with Crippen LogP contribution in [0.3, 0.4) is 0 Å². The Labute approximate surface area is 119 Å². The fraction of sp³-hybridized carbons (Fsp3) is 0.455. The summed E-state index contributed by atoms with van der Waals surface area (Å²) >= 11 is 0. The minimum Gasteiger partial charge on any atom is -0.469 e. The van der Waals surface area contributed by atoms with Crippen LogP contribution in [-0.2, 0) is 34.3 Å². The Morgan fingerprint density at radius 3 is 2.52 bits per heavy atom. The van der Waals surface area contributed by atoms with E-state index in [1.807, 2.05) is 0 Å². The van der Waals surface area contributed by atoms with Crippen LogP contribution >= 0.6 is 0 Å².